The van der Waals surface area contributed by atoms with Gasteiger partial charge in [0.15, 0.2) is 0 Å². The van der Waals surface area contributed by atoms with E-state index in [0.29, 0.717) is 58.0 Å². The van der Waals surface area contributed by atoms with Gasteiger partial charge in [-0.3, -0.25) is 4.79 Å². The first kappa shape index (κ1) is 23.0. The molecule has 168 valence electrons. The van der Waals surface area contributed by atoms with Crippen molar-refractivity contribution in [2.45, 2.75) is 50.8 Å². The molecule has 0 N–H and O–H groups in total. The number of morpholine rings is 1. The zero-order valence-corrected chi connectivity index (χ0v) is 19.1. The summed E-state index contributed by atoms with van der Waals surface area (Å²) in [6.07, 6.45) is 4.77. The van der Waals surface area contributed by atoms with Gasteiger partial charge in [0, 0.05) is 45.0 Å². The Morgan fingerprint density at radius 3 is 2.40 bits per heavy atom. The summed E-state index contributed by atoms with van der Waals surface area (Å²) in [5.41, 5.74) is 1.28. The van der Waals surface area contributed by atoms with E-state index in [1.807, 2.05) is 17.9 Å². The van der Waals surface area contributed by atoms with Gasteiger partial charge in [-0.2, -0.15) is 4.31 Å². The topological polar surface area (TPSA) is 70.2 Å². The summed E-state index contributed by atoms with van der Waals surface area (Å²) >= 11 is 0. The van der Waals surface area contributed by atoms with Gasteiger partial charge in [-0.15, -0.1) is 0 Å². The number of unbranched alkanes of at least 4 members (excludes halogenated alkanes) is 1. The van der Waals surface area contributed by atoms with E-state index in [9.17, 15) is 13.2 Å². The van der Waals surface area contributed by atoms with Gasteiger partial charge < -0.3 is 14.5 Å². The molecule has 3 rings (SSSR count). The first-order valence-electron chi connectivity index (χ1n) is 11.2. The van der Waals surface area contributed by atoms with Crippen LogP contribution in [0.5, 0.6) is 0 Å². The largest absolute Gasteiger partial charge is 0.378 e. The highest BCUT2D eigenvalue weighted by Crippen LogP contribution is 2.29. The highest BCUT2D eigenvalue weighted by Gasteiger charge is 2.29. The molecule has 2 aliphatic heterocycles. The Bertz CT molecular complexity index is 816. The lowest BCUT2D eigenvalue weighted by molar-refractivity contribution is 0.0761. The summed E-state index contributed by atoms with van der Waals surface area (Å²) in [4.78, 5) is 17.6. The average Bonchev–Trinajstić information content (AvgIpc) is 2.80. The van der Waals surface area contributed by atoms with Crippen molar-refractivity contribution in [1.82, 2.24) is 9.21 Å². The summed E-state index contributed by atoms with van der Waals surface area (Å²) in [5, 5.41) is 0. The predicted octanol–water partition coefficient (Wildman–Crippen LogP) is 2.96. The molecule has 30 heavy (non-hydrogen) atoms. The summed E-state index contributed by atoms with van der Waals surface area (Å²) in [7, 11) is -3.60. The molecule has 1 amide bonds. The zero-order chi connectivity index (χ0) is 21.6. The van der Waals surface area contributed by atoms with Crippen LogP contribution >= 0.6 is 0 Å². The molecule has 0 atom stereocenters. The summed E-state index contributed by atoms with van der Waals surface area (Å²) in [6, 6.07) is 5.07. The van der Waals surface area contributed by atoms with Crippen molar-refractivity contribution < 1.29 is 17.9 Å². The van der Waals surface area contributed by atoms with Gasteiger partial charge >= 0.3 is 0 Å². The third-order valence-electron chi connectivity index (χ3n) is 5.95. The molecule has 1 aromatic carbocycles. The molecule has 2 heterocycles. The molecule has 1 aromatic rings. The van der Waals surface area contributed by atoms with E-state index in [-0.39, 0.29) is 10.8 Å². The van der Waals surface area contributed by atoms with Crippen LogP contribution in [0, 0.1) is 0 Å². The number of piperidine rings is 1. The summed E-state index contributed by atoms with van der Waals surface area (Å²) < 4.78 is 33.5. The van der Waals surface area contributed by atoms with Crippen LogP contribution in [0.1, 0.15) is 56.3 Å². The fourth-order valence-electron chi connectivity index (χ4n) is 4.10. The Balaban J connectivity index is 1.98. The van der Waals surface area contributed by atoms with Crippen molar-refractivity contribution in [3.8, 4) is 0 Å². The number of carbonyl (C=O) groups excluding carboxylic acids is 1. The van der Waals surface area contributed by atoms with Crippen LogP contribution in [0.4, 0.5) is 5.69 Å². The van der Waals surface area contributed by atoms with Crippen LogP contribution in [0.3, 0.4) is 0 Å². The van der Waals surface area contributed by atoms with Gasteiger partial charge in [0.2, 0.25) is 10.0 Å². The summed E-state index contributed by atoms with van der Waals surface area (Å²) in [6.45, 7) is 9.05. The lowest BCUT2D eigenvalue weighted by Crippen LogP contribution is -2.39. The Kier molecular flexibility index (Phi) is 8.13. The molecule has 2 saturated heterocycles. The van der Waals surface area contributed by atoms with Gasteiger partial charge in [0.25, 0.3) is 5.91 Å². The molecule has 8 heteroatoms. The van der Waals surface area contributed by atoms with E-state index in [2.05, 4.69) is 11.8 Å². The highest BCUT2D eigenvalue weighted by atomic mass is 32.2. The van der Waals surface area contributed by atoms with Gasteiger partial charge in [-0.1, -0.05) is 19.8 Å². The fourth-order valence-corrected chi connectivity index (χ4v) is 5.65. The van der Waals surface area contributed by atoms with Crippen molar-refractivity contribution in [2.24, 2.45) is 0 Å². The summed E-state index contributed by atoms with van der Waals surface area (Å²) in [5.74, 6) is -0.0943. The standard InChI is InChI=1S/C22H35N3O4S/c1-3-5-11-23(4-2)22(26)20-18-19(30(27,28)25-12-7-6-8-13-25)9-10-21(20)24-14-16-29-17-15-24/h9-10,18H,3-8,11-17H2,1-2H3. The third-order valence-corrected chi connectivity index (χ3v) is 7.85. The van der Waals surface area contributed by atoms with Crippen LogP contribution in [0.15, 0.2) is 23.1 Å². The maximum Gasteiger partial charge on any atom is 0.255 e. The van der Waals surface area contributed by atoms with Crippen molar-refractivity contribution in [2.75, 3.05) is 57.4 Å². The number of ether oxygens (including phenoxy) is 1. The smallest absolute Gasteiger partial charge is 0.255 e. The maximum atomic E-state index is 13.5. The normalized spacial score (nSPS) is 18.4. The van der Waals surface area contributed by atoms with E-state index in [4.69, 9.17) is 4.74 Å². The fraction of sp³-hybridized carbons (Fsp3) is 0.682. The van der Waals surface area contributed by atoms with Crippen molar-refractivity contribution in [3.05, 3.63) is 23.8 Å². The number of anilines is 1. The van der Waals surface area contributed by atoms with E-state index in [0.717, 1.165) is 37.8 Å². The second kappa shape index (κ2) is 10.6. The van der Waals surface area contributed by atoms with Crippen LogP contribution < -0.4 is 4.90 Å². The first-order valence-corrected chi connectivity index (χ1v) is 12.7. The highest BCUT2D eigenvalue weighted by molar-refractivity contribution is 7.89. The van der Waals surface area contributed by atoms with E-state index >= 15 is 0 Å². The zero-order valence-electron chi connectivity index (χ0n) is 18.3. The van der Waals surface area contributed by atoms with Crippen molar-refractivity contribution in [3.63, 3.8) is 0 Å². The monoisotopic (exact) mass is 437 g/mol. The van der Waals surface area contributed by atoms with E-state index < -0.39 is 10.0 Å². The Morgan fingerprint density at radius 1 is 1.07 bits per heavy atom. The molecule has 2 aliphatic rings. The number of benzene rings is 1. The Hall–Kier alpha value is -1.64. The van der Waals surface area contributed by atoms with Crippen molar-refractivity contribution >= 4 is 21.6 Å². The predicted molar refractivity (Wildman–Crippen MR) is 119 cm³/mol. The second-order valence-corrected chi connectivity index (χ2v) is 9.92. The number of hydrogen-bond donors (Lipinski definition) is 0. The molecule has 2 fully saturated rings. The minimum atomic E-state index is -3.60. The molecule has 0 aliphatic carbocycles. The Morgan fingerprint density at radius 2 is 1.77 bits per heavy atom. The minimum Gasteiger partial charge on any atom is -0.378 e. The molecule has 0 aromatic heterocycles. The first-order chi connectivity index (χ1) is 14.5. The number of sulfonamides is 1. The average molecular weight is 438 g/mol. The van der Waals surface area contributed by atoms with Crippen LogP contribution in [0.25, 0.3) is 0 Å². The van der Waals surface area contributed by atoms with Gasteiger partial charge in [-0.25, -0.2) is 8.42 Å². The molecule has 0 bridgehead atoms. The van der Waals surface area contributed by atoms with Crippen LogP contribution in [-0.2, 0) is 14.8 Å². The number of hydrogen-bond acceptors (Lipinski definition) is 5. The number of rotatable bonds is 8. The number of nitrogens with zero attached hydrogens (tertiary/aromatic N) is 3. The quantitative estimate of drug-likeness (QED) is 0.625. The van der Waals surface area contributed by atoms with E-state index in [1.165, 1.54) is 0 Å². The van der Waals surface area contributed by atoms with Gasteiger partial charge in [0.05, 0.1) is 23.7 Å². The molecule has 0 saturated carbocycles. The molecular weight excluding hydrogens is 402 g/mol. The van der Waals surface area contributed by atoms with Crippen LogP contribution in [-0.4, -0.2) is 76.0 Å². The Labute approximate surface area is 181 Å². The third kappa shape index (κ3) is 5.15. The van der Waals surface area contributed by atoms with Gasteiger partial charge in [-0.05, 0) is 44.4 Å². The van der Waals surface area contributed by atoms with Crippen molar-refractivity contribution in [1.29, 1.82) is 0 Å². The van der Waals surface area contributed by atoms with Gasteiger partial charge in [0.1, 0.15) is 0 Å². The van der Waals surface area contributed by atoms with E-state index in [1.54, 1.807) is 16.4 Å². The SMILES string of the molecule is CCCCN(CC)C(=O)c1cc(S(=O)(=O)N2CCCCC2)ccc1N1CCOCC1. The lowest BCUT2D eigenvalue weighted by atomic mass is 10.1. The molecule has 0 radical (unpaired) electrons. The molecule has 0 unspecified atom stereocenters. The lowest BCUT2D eigenvalue weighted by Gasteiger charge is -2.32. The minimum absolute atomic E-state index is 0.0943. The second-order valence-electron chi connectivity index (χ2n) is 7.98. The molecular formula is C22H35N3O4S. The molecule has 0 spiro atoms. The number of amides is 1. The number of carbonyl (C=O) groups is 1. The van der Waals surface area contributed by atoms with Crippen LogP contribution in [0.2, 0.25) is 0 Å². The maximum absolute atomic E-state index is 13.5. The molecule has 7 nitrogen and oxygen atoms in total.